The number of urea groups is 1. The molecule has 4 rings (SSSR count). The van der Waals surface area contributed by atoms with Crippen molar-refractivity contribution in [3.8, 4) is 0 Å². The zero-order chi connectivity index (χ0) is 17.4. The molecule has 0 unspecified atom stereocenters. The summed E-state index contributed by atoms with van der Waals surface area (Å²) in [5.41, 5.74) is 0.106. The SMILES string of the molecule is CN1CCn2ccnc2C12CCN(C(=O)Nc1ccccc1F)CC2. The molecule has 2 amide bonds. The number of carbonyl (C=O) groups is 1. The van der Waals surface area contributed by atoms with E-state index in [0.717, 1.165) is 31.8 Å². The lowest BCUT2D eigenvalue weighted by molar-refractivity contribution is 0.0197. The molecule has 6 nitrogen and oxygen atoms in total. The first-order chi connectivity index (χ1) is 12.1. The quantitative estimate of drug-likeness (QED) is 0.866. The van der Waals surface area contributed by atoms with Crippen LogP contribution in [0.2, 0.25) is 0 Å². The summed E-state index contributed by atoms with van der Waals surface area (Å²) in [6, 6.07) is 5.99. The third-order valence-corrected chi connectivity index (χ3v) is 5.53. The van der Waals surface area contributed by atoms with Crippen LogP contribution < -0.4 is 5.32 Å². The Morgan fingerprint density at radius 3 is 2.72 bits per heavy atom. The van der Waals surface area contributed by atoms with Crippen LogP contribution in [-0.4, -0.2) is 52.1 Å². The van der Waals surface area contributed by atoms with Crippen molar-refractivity contribution in [3.05, 3.63) is 48.3 Å². The van der Waals surface area contributed by atoms with Gasteiger partial charge in [-0.1, -0.05) is 12.1 Å². The van der Waals surface area contributed by atoms with Gasteiger partial charge in [-0.05, 0) is 32.0 Å². The molecule has 3 heterocycles. The van der Waals surface area contributed by atoms with Crippen molar-refractivity contribution < 1.29 is 9.18 Å². The monoisotopic (exact) mass is 343 g/mol. The van der Waals surface area contributed by atoms with Crippen LogP contribution in [0.1, 0.15) is 18.7 Å². The second kappa shape index (κ2) is 6.15. The van der Waals surface area contributed by atoms with Gasteiger partial charge in [0.2, 0.25) is 0 Å². The number of imidazole rings is 1. The number of hydrogen-bond acceptors (Lipinski definition) is 3. The number of amides is 2. The van der Waals surface area contributed by atoms with Gasteiger partial charge in [-0.2, -0.15) is 0 Å². The van der Waals surface area contributed by atoms with E-state index in [2.05, 4.69) is 26.8 Å². The van der Waals surface area contributed by atoms with Crippen molar-refractivity contribution in [1.29, 1.82) is 0 Å². The summed E-state index contributed by atoms with van der Waals surface area (Å²) in [5.74, 6) is 0.675. The maximum Gasteiger partial charge on any atom is 0.321 e. The fourth-order valence-corrected chi connectivity index (χ4v) is 3.98. The number of piperidine rings is 1. The van der Waals surface area contributed by atoms with Crippen LogP contribution in [0.5, 0.6) is 0 Å². The Bertz CT molecular complexity index is 781. The number of halogens is 1. The molecule has 1 fully saturated rings. The number of carbonyl (C=O) groups excluding carboxylic acids is 1. The summed E-state index contributed by atoms with van der Waals surface area (Å²) < 4.78 is 16.0. The van der Waals surface area contributed by atoms with Crippen LogP contribution in [0.25, 0.3) is 0 Å². The smallest absolute Gasteiger partial charge is 0.321 e. The molecule has 0 radical (unpaired) electrons. The number of benzene rings is 1. The third-order valence-electron chi connectivity index (χ3n) is 5.53. The fraction of sp³-hybridized carbons (Fsp3) is 0.444. The van der Waals surface area contributed by atoms with Gasteiger partial charge in [0, 0.05) is 38.6 Å². The van der Waals surface area contributed by atoms with Crippen molar-refractivity contribution in [1.82, 2.24) is 19.4 Å². The van der Waals surface area contributed by atoms with Crippen LogP contribution in [-0.2, 0) is 12.1 Å². The summed E-state index contributed by atoms with van der Waals surface area (Å²) in [6.07, 6.45) is 5.53. The molecule has 132 valence electrons. The number of para-hydroxylation sites is 1. The van der Waals surface area contributed by atoms with Crippen molar-refractivity contribution in [2.24, 2.45) is 0 Å². The molecule has 1 aromatic heterocycles. The molecule has 1 N–H and O–H groups in total. The van der Waals surface area contributed by atoms with Gasteiger partial charge in [0.25, 0.3) is 0 Å². The Morgan fingerprint density at radius 1 is 1.20 bits per heavy atom. The van der Waals surface area contributed by atoms with Gasteiger partial charge in [0.05, 0.1) is 11.2 Å². The van der Waals surface area contributed by atoms with E-state index in [-0.39, 0.29) is 17.3 Å². The number of fused-ring (bicyclic) bond motifs is 2. The Hall–Kier alpha value is -2.41. The minimum atomic E-state index is -0.418. The fourth-order valence-electron chi connectivity index (χ4n) is 3.98. The highest BCUT2D eigenvalue weighted by atomic mass is 19.1. The predicted molar refractivity (Wildman–Crippen MR) is 92.8 cm³/mol. The molecule has 25 heavy (non-hydrogen) atoms. The first-order valence-corrected chi connectivity index (χ1v) is 8.63. The first kappa shape index (κ1) is 16.1. The van der Waals surface area contributed by atoms with Gasteiger partial charge >= 0.3 is 6.03 Å². The Morgan fingerprint density at radius 2 is 1.96 bits per heavy atom. The van der Waals surface area contributed by atoms with E-state index >= 15 is 0 Å². The summed E-state index contributed by atoms with van der Waals surface area (Å²) in [4.78, 5) is 21.2. The van der Waals surface area contributed by atoms with Crippen LogP contribution in [0.4, 0.5) is 14.9 Å². The normalized spacial score (nSPS) is 19.7. The molecule has 0 aliphatic carbocycles. The van der Waals surface area contributed by atoms with Gasteiger partial charge in [-0.15, -0.1) is 0 Å². The van der Waals surface area contributed by atoms with Crippen molar-refractivity contribution in [2.45, 2.75) is 24.9 Å². The van der Waals surface area contributed by atoms with E-state index in [1.165, 1.54) is 6.07 Å². The molecule has 1 saturated heterocycles. The molecule has 7 heteroatoms. The lowest BCUT2D eigenvalue weighted by atomic mass is 9.83. The van der Waals surface area contributed by atoms with E-state index in [0.29, 0.717) is 13.1 Å². The zero-order valence-electron chi connectivity index (χ0n) is 14.3. The van der Waals surface area contributed by atoms with Gasteiger partial charge in [0.15, 0.2) is 0 Å². The number of anilines is 1. The van der Waals surface area contributed by atoms with Crippen molar-refractivity contribution in [3.63, 3.8) is 0 Å². The first-order valence-electron chi connectivity index (χ1n) is 8.63. The molecular weight excluding hydrogens is 321 g/mol. The maximum absolute atomic E-state index is 13.7. The third kappa shape index (κ3) is 2.68. The van der Waals surface area contributed by atoms with Gasteiger partial charge in [-0.3, -0.25) is 4.90 Å². The Labute approximate surface area is 146 Å². The number of nitrogens with one attached hydrogen (secondary N) is 1. The lowest BCUT2D eigenvalue weighted by Crippen LogP contribution is -2.57. The van der Waals surface area contributed by atoms with Crippen LogP contribution >= 0.6 is 0 Å². The van der Waals surface area contributed by atoms with Gasteiger partial charge in [0.1, 0.15) is 11.6 Å². The van der Waals surface area contributed by atoms with Crippen molar-refractivity contribution in [2.75, 3.05) is 32.0 Å². The number of hydrogen-bond donors (Lipinski definition) is 1. The van der Waals surface area contributed by atoms with E-state index in [9.17, 15) is 9.18 Å². The number of nitrogens with zero attached hydrogens (tertiary/aromatic N) is 4. The van der Waals surface area contributed by atoms with Gasteiger partial charge < -0.3 is 14.8 Å². The topological polar surface area (TPSA) is 53.4 Å². The largest absolute Gasteiger partial charge is 0.332 e. The summed E-state index contributed by atoms with van der Waals surface area (Å²) in [6.45, 7) is 3.17. The van der Waals surface area contributed by atoms with Gasteiger partial charge in [-0.25, -0.2) is 14.2 Å². The number of rotatable bonds is 1. The second-order valence-corrected chi connectivity index (χ2v) is 6.79. The minimum absolute atomic E-state index is 0.115. The molecule has 1 spiro atoms. The van der Waals surface area contributed by atoms with Crippen LogP contribution in [0, 0.1) is 5.82 Å². The molecular formula is C18H22FN5O. The van der Waals surface area contributed by atoms with E-state index < -0.39 is 5.82 Å². The van der Waals surface area contributed by atoms with E-state index in [1.807, 2.05) is 12.4 Å². The molecule has 1 aromatic carbocycles. The minimum Gasteiger partial charge on any atom is -0.332 e. The highest BCUT2D eigenvalue weighted by Crippen LogP contribution is 2.39. The van der Waals surface area contributed by atoms with Crippen molar-refractivity contribution >= 4 is 11.7 Å². The molecule has 0 atom stereocenters. The molecule has 0 saturated carbocycles. The highest BCUT2D eigenvalue weighted by molar-refractivity contribution is 5.89. The Kier molecular flexibility index (Phi) is 3.95. The van der Waals surface area contributed by atoms with Crippen LogP contribution in [0.15, 0.2) is 36.7 Å². The molecule has 2 aliphatic heterocycles. The molecule has 2 aromatic rings. The zero-order valence-corrected chi connectivity index (χ0v) is 14.3. The summed E-state index contributed by atoms with van der Waals surface area (Å²) in [5, 5.41) is 2.67. The standard InChI is InChI=1S/C18H22FN5O/c1-22-12-13-23-11-8-20-16(23)18(22)6-9-24(10-7-18)17(25)21-15-5-3-2-4-14(15)19/h2-5,8,11H,6-7,9-10,12-13H2,1H3,(H,21,25). The maximum atomic E-state index is 13.7. The lowest BCUT2D eigenvalue weighted by Gasteiger charge is -2.49. The van der Waals surface area contributed by atoms with Crippen LogP contribution in [0.3, 0.4) is 0 Å². The number of likely N-dealkylation sites (N-methyl/N-ethyl adjacent to an activating group) is 1. The van der Waals surface area contributed by atoms with E-state index in [1.54, 1.807) is 23.1 Å². The molecule has 2 aliphatic rings. The van der Waals surface area contributed by atoms with E-state index in [4.69, 9.17) is 0 Å². The number of aromatic nitrogens is 2. The summed E-state index contributed by atoms with van der Waals surface area (Å²) in [7, 11) is 2.13. The Balaban J connectivity index is 1.47. The average molecular weight is 343 g/mol. The summed E-state index contributed by atoms with van der Waals surface area (Å²) >= 11 is 0. The predicted octanol–water partition coefficient (Wildman–Crippen LogP) is 2.49. The number of likely N-dealkylation sites (tertiary alicyclic amines) is 1. The molecule has 0 bridgehead atoms. The second-order valence-electron chi connectivity index (χ2n) is 6.79. The average Bonchev–Trinajstić information content (AvgIpc) is 3.11. The highest BCUT2D eigenvalue weighted by Gasteiger charge is 2.45.